The highest BCUT2D eigenvalue weighted by Crippen LogP contribution is 2.18. The second kappa shape index (κ2) is 5.23. The predicted molar refractivity (Wildman–Crippen MR) is 67.4 cm³/mol. The van der Waals surface area contributed by atoms with Crippen molar-refractivity contribution in [2.24, 2.45) is 5.73 Å². The normalized spacial score (nSPS) is 9.94. The van der Waals surface area contributed by atoms with E-state index in [1.165, 1.54) is 0 Å². The average Bonchev–Trinajstić information content (AvgIpc) is 2.40. The van der Waals surface area contributed by atoms with Gasteiger partial charge < -0.3 is 11.1 Å². The van der Waals surface area contributed by atoms with E-state index in [0.29, 0.717) is 0 Å². The molecule has 0 aliphatic carbocycles. The van der Waals surface area contributed by atoms with E-state index in [2.05, 4.69) is 10.3 Å². The Morgan fingerprint density at radius 2 is 1.94 bits per heavy atom. The zero-order valence-electron chi connectivity index (χ0n) is 9.26. The minimum atomic E-state index is -0.199. The highest BCUT2D eigenvalue weighted by atomic mass is 16.1. The number of anilines is 1. The largest absolute Gasteiger partial charge is 0.325 e. The zero-order chi connectivity index (χ0) is 12.1. The third-order valence-corrected chi connectivity index (χ3v) is 2.31. The quantitative estimate of drug-likeness (QED) is 0.837. The van der Waals surface area contributed by atoms with Gasteiger partial charge in [-0.25, -0.2) is 0 Å². The zero-order valence-corrected chi connectivity index (χ0v) is 9.26. The van der Waals surface area contributed by atoms with E-state index in [0.717, 1.165) is 16.9 Å². The molecule has 1 aromatic carbocycles. The maximum Gasteiger partial charge on any atom is 0.238 e. The Kier molecular flexibility index (Phi) is 3.47. The molecular weight excluding hydrogens is 214 g/mol. The summed E-state index contributed by atoms with van der Waals surface area (Å²) in [5, 5.41) is 2.69. The van der Waals surface area contributed by atoms with Crippen LogP contribution in [-0.4, -0.2) is 17.4 Å². The Morgan fingerprint density at radius 3 is 2.53 bits per heavy atom. The summed E-state index contributed by atoms with van der Waals surface area (Å²) in [7, 11) is 0. The van der Waals surface area contributed by atoms with Crippen LogP contribution in [0.1, 0.15) is 0 Å². The van der Waals surface area contributed by atoms with Gasteiger partial charge in [-0.3, -0.25) is 9.78 Å². The van der Waals surface area contributed by atoms with Gasteiger partial charge in [0, 0.05) is 17.4 Å². The highest BCUT2D eigenvalue weighted by molar-refractivity contribution is 5.92. The molecule has 0 saturated heterocycles. The number of pyridine rings is 1. The molecule has 0 fully saturated rings. The van der Waals surface area contributed by atoms with E-state index in [1.54, 1.807) is 6.20 Å². The van der Waals surface area contributed by atoms with Crippen LogP contribution in [0.2, 0.25) is 0 Å². The van der Waals surface area contributed by atoms with Gasteiger partial charge in [-0.1, -0.05) is 18.2 Å². The van der Waals surface area contributed by atoms with Gasteiger partial charge in [-0.2, -0.15) is 0 Å². The standard InChI is InChI=1S/C13H13N3O/c14-9-13(17)16-11-6-4-10(5-7-11)12-3-1-2-8-15-12/h1-8H,9,14H2,(H,16,17). The van der Waals surface area contributed by atoms with Gasteiger partial charge in [0.25, 0.3) is 0 Å². The monoisotopic (exact) mass is 227 g/mol. The minimum absolute atomic E-state index is 0.0119. The fourth-order valence-electron chi connectivity index (χ4n) is 1.47. The second-order valence-electron chi connectivity index (χ2n) is 3.54. The van der Waals surface area contributed by atoms with Crippen molar-refractivity contribution in [3.8, 4) is 11.3 Å². The summed E-state index contributed by atoms with van der Waals surface area (Å²) >= 11 is 0. The predicted octanol–water partition coefficient (Wildman–Crippen LogP) is 1.65. The average molecular weight is 227 g/mol. The van der Waals surface area contributed by atoms with E-state index >= 15 is 0 Å². The number of carbonyl (C=O) groups is 1. The summed E-state index contributed by atoms with van der Waals surface area (Å²) < 4.78 is 0. The second-order valence-corrected chi connectivity index (χ2v) is 3.54. The first-order valence-corrected chi connectivity index (χ1v) is 5.31. The Bertz CT molecular complexity index is 494. The van der Waals surface area contributed by atoms with Crippen molar-refractivity contribution in [1.82, 2.24) is 4.98 Å². The molecule has 2 rings (SSSR count). The number of rotatable bonds is 3. The SMILES string of the molecule is NCC(=O)Nc1ccc(-c2ccccn2)cc1. The summed E-state index contributed by atoms with van der Waals surface area (Å²) in [5.41, 5.74) is 7.87. The molecule has 1 amide bonds. The molecule has 0 spiro atoms. The molecule has 2 aromatic rings. The van der Waals surface area contributed by atoms with E-state index in [9.17, 15) is 4.79 Å². The maximum absolute atomic E-state index is 11.1. The smallest absolute Gasteiger partial charge is 0.238 e. The van der Waals surface area contributed by atoms with Crippen LogP contribution in [0.5, 0.6) is 0 Å². The first kappa shape index (κ1) is 11.3. The first-order chi connectivity index (χ1) is 8.29. The molecule has 0 bridgehead atoms. The summed E-state index contributed by atoms with van der Waals surface area (Å²) in [4.78, 5) is 15.3. The van der Waals surface area contributed by atoms with E-state index in [1.807, 2.05) is 42.5 Å². The molecule has 0 unspecified atom stereocenters. The molecule has 0 aliphatic heterocycles. The Hall–Kier alpha value is -2.20. The molecule has 17 heavy (non-hydrogen) atoms. The number of hydrogen-bond acceptors (Lipinski definition) is 3. The molecule has 3 N–H and O–H groups in total. The number of nitrogens with zero attached hydrogens (tertiary/aromatic N) is 1. The van der Waals surface area contributed by atoms with Crippen LogP contribution in [0.4, 0.5) is 5.69 Å². The number of nitrogens with one attached hydrogen (secondary N) is 1. The summed E-state index contributed by atoms with van der Waals surface area (Å²) in [6.45, 7) is -0.0119. The summed E-state index contributed by atoms with van der Waals surface area (Å²) in [6.07, 6.45) is 1.75. The lowest BCUT2D eigenvalue weighted by molar-refractivity contribution is -0.114. The topological polar surface area (TPSA) is 68.0 Å². The highest BCUT2D eigenvalue weighted by Gasteiger charge is 2.00. The Morgan fingerprint density at radius 1 is 1.18 bits per heavy atom. The lowest BCUT2D eigenvalue weighted by atomic mass is 10.1. The third kappa shape index (κ3) is 2.89. The van der Waals surface area contributed by atoms with Crippen molar-refractivity contribution in [2.45, 2.75) is 0 Å². The number of nitrogens with two attached hydrogens (primary N) is 1. The van der Waals surface area contributed by atoms with Crippen molar-refractivity contribution in [3.05, 3.63) is 48.7 Å². The number of amides is 1. The van der Waals surface area contributed by atoms with E-state index in [4.69, 9.17) is 5.73 Å². The van der Waals surface area contributed by atoms with Crippen LogP contribution in [0, 0.1) is 0 Å². The maximum atomic E-state index is 11.1. The molecule has 0 radical (unpaired) electrons. The minimum Gasteiger partial charge on any atom is -0.325 e. The molecule has 86 valence electrons. The third-order valence-electron chi connectivity index (χ3n) is 2.31. The number of carbonyl (C=O) groups excluding carboxylic acids is 1. The summed E-state index contributed by atoms with van der Waals surface area (Å²) in [6, 6.07) is 13.2. The van der Waals surface area contributed by atoms with Gasteiger partial charge in [0.15, 0.2) is 0 Å². The Balaban J connectivity index is 2.16. The fraction of sp³-hybridized carbons (Fsp3) is 0.0769. The fourth-order valence-corrected chi connectivity index (χ4v) is 1.47. The van der Waals surface area contributed by atoms with Gasteiger partial charge >= 0.3 is 0 Å². The lowest BCUT2D eigenvalue weighted by Gasteiger charge is -2.05. The van der Waals surface area contributed by atoms with Gasteiger partial charge in [0.2, 0.25) is 5.91 Å². The molecule has 4 heteroatoms. The molecule has 1 heterocycles. The van der Waals surface area contributed by atoms with Gasteiger partial charge in [0.1, 0.15) is 0 Å². The van der Waals surface area contributed by atoms with E-state index < -0.39 is 0 Å². The van der Waals surface area contributed by atoms with E-state index in [-0.39, 0.29) is 12.5 Å². The molecular formula is C13H13N3O. The van der Waals surface area contributed by atoms with Crippen LogP contribution in [0.15, 0.2) is 48.7 Å². The lowest BCUT2D eigenvalue weighted by Crippen LogP contribution is -2.21. The molecule has 0 atom stereocenters. The van der Waals surface area contributed by atoms with Gasteiger partial charge in [0.05, 0.1) is 12.2 Å². The number of aromatic nitrogens is 1. The Labute approximate surface area is 99.5 Å². The van der Waals surface area contributed by atoms with Crippen LogP contribution in [0.3, 0.4) is 0 Å². The van der Waals surface area contributed by atoms with Crippen molar-refractivity contribution in [3.63, 3.8) is 0 Å². The van der Waals surface area contributed by atoms with Crippen LogP contribution in [-0.2, 0) is 4.79 Å². The first-order valence-electron chi connectivity index (χ1n) is 5.31. The molecule has 0 saturated carbocycles. The van der Waals surface area contributed by atoms with Crippen LogP contribution >= 0.6 is 0 Å². The van der Waals surface area contributed by atoms with Gasteiger partial charge in [-0.05, 0) is 24.3 Å². The van der Waals surface area contributed by atoms with Crippen molar-refractivity contribution < 1.29 is 4.79 Å². The van der Waals surface area contributed by atoms with Gasteiger partial charge in [-0.15, -0.1) is 0 Å². The molecule has 4 nitrogen and oxygen atoms in total. The number of hydrogen-bond donors (Lipinski definition) is 2. The van der Waals surface area contributed by atoms with Crippen LogP contribution < -0.4 is 11.1 Å². The van der Waals surface area contributed by atoms with Crippen molar-refractivity contribution in [2.75, 3.05) is 11.9 Å². The van der Waals surface area contributed by atoms with Crippen molar-refractivity contribution in [1.29, 1.82) is 0 Å². The van der Waals surface area contributed by atoms with Crippen molar-refractivity contribution >= 4 is 11.6 Å². The molecule has 1 aromatic heterocycles. The molecule has 0 aliphatic rings. The number of benzene rings is 1. The summed E-state index contributed by atoms with van der Waals surface area (Å²) in [5.74, 6) is -0.199. The van der Waals surface area contributed by atoms with Crippen LogP contribution in [0.25, 0.3) is 11.3 Å².